The Hall–Kier alpha value is -3.98. The highest BCUT2D eigenvalue weighted by Gasteiger charge is 2.28. The second-order valence-electron chi connectivity index (χ2n) is 8.52. The van der Waals surface area contributed by atoms with Crippen LogP contribution in [0.25, 0.3) is 5.69 Å². The molecule has 1 fully saturated rings. The summed E-state index contributed by atoms with van der Waals surface area (Å²) in [6.45, 7) is 2.48. The summed E-state index contributed by atoms with van der Waals surface area (Å²) in [7, 11) is 0. The van der Waals surface area contributed by atoms with Crippen molar-refractivity contribution in [3.8, 4) is 5.69 Å². The van der Waals surface area contributed by atoms with E-state index < -0.39 is 0 Å². The van der Waals surface area contributed by atoms with Crippen LogP contribution >= 0.6 is 0 Å². The average Bonchev–Trinajstić information content (AvgIpc) is 3.42. The molecule has 1 aliphatic rings. The third-order valence-corrected chi connectivity index (χ3v) is 6.31. The number of hydrogen-bond acceptors (Lipinski definition) is 5. The Morgan fingerprint density at radius 3 is 1.89 bits per heavy atom. The smallest absolute Gasteiger partial charge is 0.227 e. The van der Waals surface area contributed by atoms with Gasteiger partial charge in [-0.3, -0.25) is 9.69 Å². The summed E-state index contributed by atoms with van der Waals surface area (Å²) in [6.07, 6.45) is 1.83. The molecular formula is C26H24F2N6O. The minimum Gasteiger partial charge on any atom is -0.340 e. The van der Waals surface area contributed by atoms with E-state index in [1.807, 2.05) is 29.2 Å². The van der Waals surface area contributed by atoms with Crippen molar-refractivity contribution in [3.63, 3.8) is 0 Å². The van der Waals surface area contributed by atoms with Gasteiger partial charge in [0.1, 0.15) is 18.0 Å². The van der Waals surface area contributed by atoms with Crippen molar-refractivity contribution in [1.29, 1.82) is 0 Å². The molecular weight excluding hydrogens is 450 g/mol. The molecule has 178 valence electrons. The van der Waals surface area contributed by atoms with E-state index >= 15 is 0 Å². The number of carbonyl (C=O) groups excluding carboxylic acids is 1. The summed E-state index contributed by atoms with van der Waals surface area (Å²) in [6, 6.07) is 20.2. The number of benzene rings is 3. The fraction of sp³-hybridized carbons (Fsp3) is 0.231. The van der Waals surface area contributed by atoms with E-state index in [2.05, 4.69) is 20.4 Å². The van der Waals surface area contributed by atoms with Crippen molar-refractivity contribution >= 4 is 5.91 Å². The lowest BCUT2D eigenvalue weighted by Gasteiger charge is -2.40. The molecule has 0 atom stereocenters. The molecule has 0 radical (unpaired) electrons. The van der Waals surface area contributed by atoms with Crippen molar-refractivity contribution in [1.82, 2.24) is 30.0 Å². The Bertz CT molecular complexity index is 1210. The van der Waals surface area contributed by atoms with Gasteiger partial charge >= 0.3 is 0 Å². The van der Waals surface area contributed by atoms with Gasteiger partial charge in [-0.15, -0.1) is 5.10 Å². The van der Waals surface area contributed by atoms with Crippen LogP contribution in [0.1, 0.15) is 22.7 Å². The maximum absolute atomic E-state index is 13.5. The zero-order chi connectivity index (χ0) is 24.2. The predicted molar refractivity (Wildman–Crippen MR) is 126 cm³/mol. The highest BCUT2D eigenvalue weighted by molar-refractivity contribution is 5.79. The molecule has 7 nitrogen and oxygen atoms in total. The van der Waals surface area contributed by atoms with Crippen molar-refractivity contribution < 1.29 is 13.6 Å². The number of halogens is 2. The van der Waals surface area contributed by atoms with Crippen LogP contribution in [0.5, 0.6) is 0 Å². The number of carbonyl (C=O) groups is 1. The largest absolute Gasteiger partial charge is 0.340 e. The SMILES string of the molecule is O=C(Cc1ccc(-n2cnnn2)cc1)N1CCN(C(c2ccc(F)cc2)c2ccc(F)cc2)CC1. The average molecular weight is 475 g/mol. The molecule has 0 saturated carbocycles. The van der Waals surface area contributed by atoms with Gasteiger partial charge in [0, 0.05) is 26.2 Å². The molecule has 3 aromatic carbocycles. The Labute approximate surface area is 201 Å². The molecule has 2 heterocycles. The lowest BCUT2D eigenvalue weighted by atomic mass is 9.96. The number of tetrazole rings is 1. The van der Waals surface area contributed by atoms with Crippen LogP contribution in [-0.4, -0.2) is 62.1 Å². The number of aromatic nitrogens is 4. The molecule has 1 aliphatic heterocycles. The third kappa shape index (κ3) is 5.25. The number of piperazine rings is 1. The minimum absolute atomic E-state index is 0.0694. The molecule has 1 saturated heterocycles. The lowest BCUT2D eigenvalue weighted by Crippen LogP contribution is -2.50. The van der Waals surface area contributed by atoms with Crippen molar-refractivity contribution in [2.75, 3.05) is 26.2 Å². The second-order valence-corrected chi connectivity index (χ2v) is 8.52. The van der Waals surface area contributed by atoms with E-state index in [1.54, 1.807) is 28.9 Å². The number of hydrogen-bond donors (Lipinski definition) is 0. The summed E-state index contributed by atoms with van der Waals surface area (Å²) < 4.78 is 28.6. The van der Waals surface area contributed by atoms with Crippen LogP contribution in [0, 0.1) is 11.6 Å². The van der Waals surface area contributed by atoms with Crippen molar-refractivity contribution in [2.45, 2.75) is 12.5 Å². The van der Waals surface area contributed by atoms with Crippen molar-refractivity contribution in [3.05, 3.63) is 107 Å². The first-order valence-corrected chi connectivity index (χ1v) is 11.4. The van der Waals surface area contributed by atoms with Gasteiger partial charge in [-0.25, -0.2) is 13.5 Å². The van der Waals surface area contributed by atoms with Crippen LogP contribution in [-0.2, 0) is 11.2 Å². The molecule has 0 aliphatic carbocycles. The first kappa shape index (κ1) is 22.8. The van der Waals surface area contributed by atoms with Gasteiger partial charge in [-0.2, -0.15) is 0 Å². The van der Waals surface area contributed by atoms with Gasteiger partial charge in [-0.05, 0) is 63.5 Å². The normalized spacial score (nSPS) is 14.4. The van der Waals surface area contributed by atoms with Gasteiger partial charge < -0.3 is 4.90 Å². The van der Waals surface area contributed by atoms with Crippen LogP contribution < -0.4 is 0 Å². The van der Waals surface area contributed by atoms with Gasteiger partial charge in [0.05, 0.1) is 18.2 Å². The summed E-state index contributed by atoms with van der Waals surface area (Å²) in [5.74, 6) is -0.527. The van der Waals surface area contributed by atoms with E-state index in [1.165, 1.54) is 30.6 Å². The van der Waals surface area contributed by atoms with Gasteiger partial charge in [0.2, 0.25) is 5.91 Å². The fourth-order valence-corrected chi connectivity index (χ4v) is 4.47. The van der Waals surface area contributed by atoms with Crippen LogP contribution in [0.3, 0.4) is 0 Å². The first-order chi connectivity index (χ1) is 17.1. The number of nitrogens with zero attached hydrogens (tertiary/aromatic N) is 6. The molecule has 5 rings (SSSR count). The highest BCUT2D eigenvalue weighted by atomic mass is 19.1. The maximum atomic E-state index is 13.5. The Kier molecular flexibility index (Phi) is 6.58. The lowest BCUT2D eigenvalue weighted by molar-refractivity contribution is -0.132. The van der Waals surface area contributed by atoms with Crippen LogP contribution in [0.4, 0.5) is 8.78 Å². The van der Waals surface area contributed by atoms with Crippen LogP contribution in [0.2, 0.25) is 0 Å². The molecule has 0 spiro atoms. The topological polar surface area (TPSA) is 67.2 Å². The van der Waals surface area contributed by atoms with Gasteiger partial charge in [0.25, 0.3) is 0 Å². The van der Waals surface area contributed by atoms with Crippen molar-refractivity contribution in [2.24, 2.45) is 0 Å². The van der Waals surface area contributed by atoms with Crippen LogP contribution in [0.15, 0.2) is 79.1 Å². The summed E-state index contributed by atoms with van der Waals surface area (Å²) in [4.78, 5) is 17.1. The van der Waals surface area contributed by atoms with E-state index in [9.17, 15) is 13.6 Å². The zero-order valence-electron chi connectivity index (χ0n) is 19.0. The second kappa shape index (κ2) is 10.1. The Balaban J connectivity index is 1.25. The molecule has 35 heavy (non-hydrogen) atoms. The third-order valence-electron chi connectivity index (χ3n) is 6.31. The number of amides is 1. The van der Waals surface area contributed by atoms with E-state index in [0.29, 0.717) is 32.6 Å². The quantitative estimate of drug-likeness (QED) is 0.429. The monoisotopic (exact) mass is 474 g/mol. The van der Waals surface area contributed by atoms with E-state index in [0.717, 1.165) is 22.4 Å². The maximum Gasteiger partial charge on any atom is 0.227 e. The molecule has 1 aromatic heterocycles. The standard InChI is InChI=1S/C26H24F2N6O/c27-22-7-3-20(4-8-22)26(21-5-9-23(28)10-6-21)33-15-13-32(14-16-33)25(35)17-19-1-11-24(12-2-19)34-18-29-30-31-34/h1-12,18,26H,13-17H2. The molecule has 9 heteroatoms. The van der Waals surface area contributed by atoms with Gasteiger partial charge in [0.15, 0.2) is 0 Å². The zero-order valence-corrected chi connectivity index (χ0v) is 19.0. The van der Waals surface area contributed by atoms with Gasteiger partial charge in [-0.1, -0.05) is 36.4 Å². The highest BCUT2D eigenvalue weighted by Crippen LogP contribution is 2.30. The molecule has 1 amide bonds. The molecule has 0 unspecified atom stereocenters. The van der Waals surface area contributed by atoms with E-state index in [4.69, 9.17) is 0 Å². The molecule has 4 aromatic rings. The summed E-state index contributed by atoms with van der Waals surface area (Å²) in [5.41, 5.74) is 3.61. The Morgan fingerprint density at radius 1 is 0.800 bits per heavy atom. The number of rotatable bonds is 6. The Morgan fingerprint density at radius 2 is 1.37 bits per heavy atom. The summed E-state index contributed by atoms with van der Waals surface area (Å²) >= 11 is 0. The molecule has 0 N–H and O–H groups in total. The molecule has 0 bridgehead atoms. The van der Waals surface area contributed by atoms with E-state index in [-0.39, 0.29) is 23.6 Å². The summed E-state index contributed by atoms with van der Waals surface area (Å²) in [5, 5.41) is 11.1. The fourth-order valence-electron chi connectivity index (χ4n) is 4.47. The predicted octanol–water partition coefficient (Wildman–Crippen LogP) is 3.42. The first-order valence-electron chi connectivity index (χ1n) is 11.4. The minimum atomic E-state index is -0.298.